The van der Waals surface area contributed by atoms with Gasteiger partial charge >= 0.3 is 7.12 Å². The maximum absolute atomic E-state index is 9.00. The van der Waals surface area contributed by atoms with Crippen molar-refractivity contribution in [3.05, 3.63) is 24.3 Å². The van der Waals surface area contributed by atoms with Crippen molar-refractivity contribution in [1.29, 1.82) is 0 Å². The lowest BCUT2D eigenvalue weighted by Crippen LogP contribution is -2.30. The first-order valence-electron chi connectivity index (χ1n) is 5.90. The summed E-state index contributed by atoms with van der Waals surface area (Å²) in [6.07, 6.45) is 2.23. The molecule has 0 amide bonds. The summed E-state index contributed by atoms with van der Waals surface area (Å²) in [5, 5.41) is 18.0. The van der Waals surface area contributed by atoms with Crippen molar-refractivity contribution >= 4 is 18.3 Å². The normalized spacial score (nSPS) is 10.2. The Morgan fingerprint density at radius 1 is 1.00 bits per heavy atom. The van der Waals surface area contributed by atoms with Gasteiger partial charge in [-0.2, -0.15) is 0 Å². The second kappa shape index (κ2) is 6.56. The van der Waals surface area contributed by atoms with Gasteiger partial charge in [0.1, 0.15) is 0 Å². The van der Waals surface area contributed by atoms with Crippen LogP contribution in [-0.4, -0.2) is 30.3 Å². The van der Waals surface area contributed by atoms with Gasteiger partial charge in [-0.3, -0.25) is 0 Å². The highest BCUT2D eigenvalue weighted by Crippen LogP contribution is 2.13. The lowest BCUT2D eigenvalue weighted by atomic mass is 9.80. The third kappa shape index (κ3) is 3.54. The van der Waals surface area contributed by atoms with Gasteiger partial charge in [0.25, 0.3) is 0 Å². The molecule has 0 fully saturated rings. The van der Waals surface area contributed by atoms with Crippen molar-refractivity contribution in [2.45, 2.75) is 26.7 Å². The van der Waals surface area contributed by atoms with E-state index in [1.54, 1.807) is 12.1 Å². The molecule has 0 aliphatic carbocycles. The molecule has 0 saturated carbocycles. The highest BCUT2D eigenvalue weighted by molar-refractivity contribution is 6.58. The van der Waals surface area contributed by atoms with Crippen LogP contribution < -0.4 is 10.4 Å². The maximum atomic E-state index is 9.00. The summed E-state index contributed by atoms with van der Waals surface area (Å²) < 4.78 is 0. The van der Waals surface area contributed by atoms with Crippen molar-refractivity contribution in [2.75, 3.05) is 18.0 Å². The molecule has 0 spiro atoms. The standard InChI is InChI=1S/C12H20BNO2/c1-3-9-14(10-4-2)12-7-5-11(6-8-12)13(15)16/h5-8,15-16H,3-4,9-10H2,1-2H3. The molecule has 0 radical (unpaired) electrons. The Hall–Kier alpha value is -0.995. The smallest absolute Gasteiger partial charge is 0.423 e. The number of rotatable bonds is 6. The molecule has 0 saturated heterocycles. The van der Waals surface area contributed by atoms with Gasteiger partial charge in [0.2, 0.25) is 0 Å². The molecule has 0 heterocycles. The summed E-state index contributed by atoms with van der Waals surface area (Å²) in [5.41, 5.74) is 1.68. The summed E-state index contributed by atoms with van der Waals surface area (Å²) in [6.45, 7) is 6.40. The van der Waals surface area contributed by atoms with Gasteiger partial charge < -0.3 is 14.9 Å². The van der Waals surface area contributed by atoms with Gasteiger partial charge in [-0.05, 0) is 30.4 Å². The van der Waals surface area contributed by atoms with Gasteiger partial charge in [0.15, 0.2) is 0 Å². The molecule has 4 heteroatoms. The minimum absolute atomic E-state index is 0.539. The average molecular weight is 221 g/mol. The van der Waals surface area contributed by atoms with Crippen LogP contribution in [0.3, 0.4) is 0 Å². The van der Waals surface area contributed by atoms with Crippen LogP contribution in [0.25, 0.3) is 0 Å². The van der Waals surface area contributed by atoms with Crippen LogP contribution in [0.4, 0.5) is 5.69 Å². The highest BCUT2D eigenvalue weighted by Gasteiger charge is 2.11. The molecule has 1 aromatic rings. The van der Waals surface area contributed by atoms with E-state index >= 15 is 0 Å². The third-order valence-corrected chi connectivity index (χ3v) is 2.54. The Labute approximate surface area is 97.9 Å². The number of nitrogens with zero attached hydrogens (tertiary/aromatic N) is 1. The topological polar surface area (TPSA) is 43.7 Å². The quantitative estimate of drug-likeness (QED) is 0.704. The molecule has 0 unspecified atom stereocenters. The zero-order chi connectivity index (χ0) is 12.0. The Balaban J connectivity index is 2.76. The molecule has 0 aliphatic rings. The zero-order valence-electron chi connectivity index (χ0n) is 10.1. The summed E-state index contributed by atoms with van der Waals surface area (Å²) in [6, 6.07) is 7.41. The first kappa shape index (κ1) is 13.1. The lowest BCUT2D eigenvalue weighted by molar-refractivity contribution is 0.426. The lowest BCUT2D eigenvalue weighted by Gasteiger charge is -2.23. The molecule has 88 valence electrons. The fourth-order valence-electron chi connectivity index (χ4n) is 1.77. The van der Waals surface area contributed by atoms with E-state index in [-0.39, 0.29) is 0 Å². The van der Waals surface area contributed by atoms with Crippen LogP contribution in [-0.2, 0) is 0 Å². The molecule has 0 bridgehead atoms. The van der Waals surface area contributed by atoms with E-state index in [1.165, 1.54) is 0 Å². The molecule has 0 aliphatic heterocycles. The average Bonchev–Trinajstić information content (AvgIpc) is 2.29. The second-order valence-corrected chi connectivity index (χ2v) is 3.95. The SMILES string of the molecule is CCCN(CCC)c1ccc(B(O)O)cc1. The van der Waals surface area contributed by atoms with Gasteiger partial charge in [-0.15, -0.1) is 0 Å². The summed E-state index contributed by atoms with van der Waals surface area (Å²) in [7, 11) is -1.38. The number of hydrogen-bond acceptors (Lipinski definition) is 3. The van der Waals surface area contributed by atoms with E-state index in [1.807, 2.05) is 12.1 Å². The molecule has 2 N–H and O–H groups in total. The first-order valence-corrected chi connectivity index (χ1v) is 5.90. The summed E-state index contributed by atoms with van der Waals surface area (Å²) >= 11 is 0. The minimum Gasteiger partial charge on any atom is -0.423 e. The molecular formula is C12H20BNO2. The molecule has 0 atom stereocenters. The molecule has 3 nitrogen and oxygen atoms in total. The Morgan fingerprint density at radius 2 is 1.50 bits per heavy atom. The molecule has 16 heavy (non-hydrogen) atoms. The van der Waals surface area contributed by atoms with Crippen molar-refractivity contribution in [3.8, 4) is 0 Å². The Kier molecular flexibility index (Phi) is 5.36. The van der Waals surface area contributed by atoms with Gasteiger partial charge in [-0.1, -0.05) is 26.0 Å². The first-order chi connectivity index (χ1) is 7.69. The number of hydrogen-bond donors (Lipinski definition) is 2. The Morgan fingerprint density at radius 3 is 1.88 bits per heavy atom. The highest BCUT2D eigenvalue weighted by atomic mass is 16.4. The van der Waals surface area contributed by atoms with Gasteiger partial charge in [-0.25, -0.2) is 0 Å². The maximum Gasteiger partial charge on any atom is 0.488 e. The molecule has 1 rings (SSSR count). The van der Waals surface area contributed by atoms with Crippen LogP contribution in [0, 0.1) is 0 Å². The fraction of sp³-hybridized carbons (Fsp3) is 0.500. The van der Waals surface area contributed by atoms with E-state index < -0.39 is 7.12 Å². The van der Waals surface area contributed by atoms with E-state index in [0.29, 0.717) is 5.46 Å². The number of benzene rings is 1. The van der Waals surface area contributed by atoms with E-state index in [4.69, 9.17) is 10.0 Å². The monoisotopic (exact) mass is 221 g/mol. The van der Waals surface area contributed by atoms with Crippen LogP contribution in [0.15, 0.2) is 24.3 Å². The zero-order valence-corrected chi connectivity index (χ0v) is 10.1. The Bertz CT molecular complexity index is 294. The van der Waals surface area contributed by atoms with Crippen LogP contribution in [0.5, 0.6) is 0 Å². The summed E-state index contributed by atoms with van der Waals surface area (Å²) in [4.78, 5) is 2.31. The predicted octanol–water partition coefficient (Wildman–Crippen LogP) is 0.993. The van der Waals surface area contributed by atoms with Crippen molar-refractivity contribution in [1.82, 2.24) is 0 Å². The predicted molar refractivity (Wildman–Crippen MR) is 69.1 cm³/mol. The minimum atomic E-state index is -1.38. The van der Waals surface area contributed by atoms with Crippen LogP contribution >= 0.6 is 0 Å². The van der Waals surface area contributed by atoms with Gasteiger partial charge in [0.05, 0.1) is 0 Å². The fourth-order valence-corrected chi connectivity index (χ4v) is 1.77. The summed E-state index contributed by atoms with van der Waals surface area (Å²) in [5.74, 6) is 0. The van der Waals surface area contributed by atoms with Crippen LogP contribution in [0.1, 0.15) is 26.7 Å². The van der Waals surface area contributed by atoms with Crippen molar-refractivity contribution < 1.29 is 10.0 Å². The molecule has 1 aromatic carbocycles. The van der Waals surface area contributed by atoms with E-state index in [9.17, 15) is 0 Å². The molecular weight excluding hydrogens is 201 g/mol. The largest absolute Gasteiger partial charge is 0.488 e. The van der Waals surface area contributed by atoms with E-state index in [2.05, 4.69) is 18.7 Å². The van der Waals surface area contributed by atoms with E-state index in [0.717, 1.165) is 31.6 Å². The molecule has 0 aromatic heterocycles. The van der Waals surface area contributed by atoms with Crippen LogP contribution in [0.2, 0.25) is 0 Å². The second-order valence-electron chi connectivity index (χ2n) is 3.95. The number of anilines is 1. The van der Waals surface area contributed by atoms with Crippen molar-refractivity contribution in [2.24, 2.45) is 0 Å². The third-order valence-electron chi connectivity index (χ3n) is 2.54. The van der Waals surface area contributed by atoms with Gasteiger partial charge in [0, 0.05) is 18.8 Å². The van der Waals surface area contributed by atoms with Crippen molar-refractivity contribution in [3.63, 3.8) is 0 Å².